The lowest BCUT2D eigenvalue weighted by atomic mass is 10.1. The minimum atomic E-state index is 0.684. The molecule has 2 rings (SSSR count). The summed E-state index contributed by atoms with van der Waals surface area (Å²) in [4.78, 5) is 2.34. The first kappa shape index (κ1) is 11.6. The van der Waals surface area contributed by atoms with Crippen LogP contribution in [0.4, 0.5) is 0 Å². The van der Waals surface area contributed by atoms with E-state index in [-0.39, 0.29) is 0 Å². The zero-order valence-electron chi connectivity index (χ0n) is 10.5. The molecule has 0 radical (unpaired) electrons. The lowest BCUT2D eigenvalue weighted by molar-refractivity contribution is 0.255. The zero-order chi connectivity index (χ0) is 11.5. The van der Waals surface area contributed by atoms with Gasteiger partial charge < -0.3 is 10.2 Å². The van der Waals surface area contributed by atoms with Crippen LogP contribution in [0.5, 0.6) is 0 Å². The van der Waals surface area contributed by atoms with E-state index in [9.17, 15) is 0 Å². The molecule has 1 atom stereocenters. The summed E-state index contributed by atoms with van der Waals surface area (Å²) in [6.07, 6.45) is 4.78. The third-order valence-electron chi connectivity index (χ3n) is 3.26. The topological polar surface area (TPSA) is 33.1 Å². The third kappa shape index (κ3) is 3.06. The number of likely N-dealkylation sites (N-methyl/N-ethyl adjacent to an activating group) is 1. The largest absolute Gasteiger partial charge is 0.310 e. The van der Waals surface area contributed by atoms with Crippen molar-refractivity contribution in [2.45, 2.75) is 25.4 Å². The van der Waals surface area contributed by atoms with Crippen molar-refractivity contribution in [1.82, 2.24) is 20.0 Å². The molecule has 90 valence electrons. The van der Waals surface area contributed by atoms with Crippen LogP contribution in [0.3, 0.4) is 0 Å². The van der Waals surface area contributed by atoms with Gasteiger partial charge in [-0.05, 0) is 38.9 Å². The van der Waals surface area contributed by atoms with Gasteiger partial charge in [0.15, 0.2) is 0 Å². The van der Waals surface area contributed by atoms with Crippen LogP contribution in [-0.2, 0) is 13.6 Å². The SMILES string of the molecule is CN(C)C(CNCc1ccn(C)n1)C1CC1. The van der Waals surface area contributed by atoms with Crippen molar-refractivity contribution in [1.29, 1.82) is 0 Å². The Morgan fingerprint density at radius 2 is 2.31 bits per heavy atom. The van der Waals surface area contributed by atoms with Crippen LogP contribution in [0.2, 0.25) is 0 Å². The van der Waals surface area contributed by atoms with Crippen LogP contribution in [0.25, 0.3) is 0 Å². The first-order valence-electron chi connectivity index (χ1n) is 6.02. The fourth-order valence-corrected chi connectivity index (χ4v) is 2.16. The predicted molar refractivity (Wildman–Crippen MR) is 65.1 cm³/mol. The molecule has 1 fully saturated rings. The molecule has 16 heavy (non-hydrogen) atoms. The van der Waals surface area contributed by atoms with Gasteiger partial charge in [-0.2, -0.15) is 5.10 Å². The van der Waals surface area contributed by atoms with Gasteiger partial charge in [0.05, 0.1) is 5.69 Å². The third-order valence-corrected chi connectivity index (χ3v) is 3.26. The zero-order valence-corrected chi connectivity index (χ0v) is 10.5. The summed E-state index contributed by atoms with van der Waals surface area (Å²) >= 11 is 0. The van der Waals surface area contributed by atoms with Gasteiger partial charge in [-0.3, -0.25) is 4.68 Å². The second kappa shape index (κ2) is 4.97. The van der Waals surface area contributed by atoms with Crippen LogP contribution in [0.1, 0.15) is 18.5 Å². The van der Waals surface area contributed by atoms with Gasteiger partial charge in [0.1, 0.15) is 0 Å². The van der Waals surface area contributed by atoms with Crippen molar-refractivity contribution in [2.24, 2.45) is 13.0 Å². The highest BCUT2D eigenvalue weighted by molar-refractivity contribution is 4.98. The Hall–Kier alpha value is -0.870. The van der Waals surface area contributed by atoms with Crippen molar-refractivity contribution < 1.29 is 0 Å². The second-order valence-electron chi connectivity index (χ2n) is 4.98. The van der Waals surface area contributed by atoms with E-state index in [1.165, 1.54) is 12.8 Å². The molecule has 0 saturated heterocycles. The molecular formula is C12H22N4. The summed E-state index contributed by atoms with van der Waals surface area (Å²) < 4.78 is 1.85. The van der Waals surface area contributed by atoms with E-state index in [2.05, 4.69) is 35.5 Å². The maximum Gasteiger partial charge on any atom is 0.0762 e. The Labute approximate surface area is 97.6 Å². The highest BCUT2D eigenvalue weighted by atomic mass is 15.3. The fourth-order valence-electron chi connectivity index (χ4n) is 2.16. The Kier molecular flexibility index (Phi) is 3.61. The molecule has 1 aliphatic rings. The van der Waals surface area contributed by atoms with Crippen molar-refractivity contribution in [3.63, 3.8) is 0 Å². The van der Waals surface area contributed by atoms with E-state index in [1.807, 2.05) is 17.9 Å². The lowest BCUT2D eigenvalue weighted by Gasteiger charge is -2.24. The first-order valence-corrected chi connectivity index (χ1v) is 6.02. The molecule has 0 aromatic carbocycles. The minimum absolute atomic E-state index is 0.684. The minimum Gasteiger partial charge on any atom is -0.310 e. The van der Waals surface area contributed by atoms with Crippen molar-refractivity contribution in [3.05, 3.63) is 18.0 Å². The maximum atomic E-state index is 4.35. The van der Waals surface area contributed by atoms with Gasteiger partial charge in [0, 0.05) is 32.4 Å². The molecule has 1 aromatic heterocycles. The average molecular weight is 222 g/mol. The van der Waals surface area contributed by atoms with E-state index in [4.69, 9.17) is 0 Å². The second-order valence-corrected chi connectivity index (χ2v) is 4.98. The molecule has 0 aliphatic heterocycles. The van der Waals surface area contributed by atoms with Gasteiger partial charge in [-0.1, -0.05) is 0 Å². The Bertz CT molecular complexity index is 326. The number of hydrogen-bond acceptors (Lipinski definition) is 3. The Balaban J connectivity index is 1.74. The number of nitrogens with one attached hydrogen (secondary N) is 1. The van der Waals surface area contributed by atoms with E-state index >= 15 is 0 Å². The molecule has 1 heterocycles. The van der Waals surface area contributed by atoms with Gasteiger partial charge in [0.25, 0.3) is 0 Å². The van der Waals surface area contributed by atoms with Crippen LogP contribution < -0.4 is 5.32 Å². The van der Waals surface area contributed by atoms with Gasteiger partial charge in [-0.15, -0.1) is 0 Å². The highest BCUT2D eigenvalue weighted by Crippen LogP contribution is 2.34. The van der Waals surface area contributed by atoms with E-state index in [0.29, 0.717) is 6.04 Å². The lowest BCUT2D eigenvalue weighted by Crippen LogP contribution is -2.39. The highest BCUT2D eigenvalue weighted by Gasteiger charge is 2.31. The molecule has 1 aromatic rings. The maximum absolute atomic E-state index is 4.35. The monoisotopic (exact) mass is 222 g/mol. The molecule has 1 aliphatic carbocycles. The Morgan fingerprint density at radius 1 is 1.56 bits per heavy atom. The van der Waals surface area contributed by atoms with Crippen LogP contribution in [0, 0.1) is 5.92 Å². The molecule has 0 amide bonds. The van der Waals surface area contributed by atoms with Gasteiger partial charge >= 0.3 is 0 Å². The summed E-state index contributed by atoms with van der Waals surface area (Å²) in [6.45, 7) is 1.94. The molecule has 4 heteroatoms. The molecule has 1 unspecified atom stereocenters. The number of aromatic nitrogens is 2. The van der Waals surface area contributed by atoms with Gasteiger partial charge in [-0.25, -0.2) is 0 Å². The van der Waals surface area contributed by atoms with E-state index in [0.717, 1.165) is 24.7 Å². The van der Waals surface area contributed by atoms with Crippen LogP contribution in [-0.4, -0.2) is 41.4 Å². The summed E-state index contributed by atoms with van der Waals surface area (Å²) in [6, 6.07) is 2.75. The molecule has 0 spiro atoms. The normalized spacial score (nSPS) is 18.0. The number of aryl methyl sites for hydroxylation is 1. The summed E-state index contributed by atoms with van der Waals surface area (Å²) in [7, 11) is 6.30. The average Bonchev–Trinajstić information content (AvgIpc) is 2.97. The van der Waals surface area contributed by atoms with Gasteiger partial charge in [0.2, 0.25) is 0 Å². The van der Waals surface area contributed by atoms with Crippen molar-refractivity contribution in [3.8, 4) is 0 Å². The summed E-state index contributed by atoms with van der Waals surface area (Å²) in [5, 5.41) is 7.85. The molecule has 1 saturated carbocycles. The summed E-state index contributed by atoms with van der Waals surface area (Å²) in [5.74, 6) is 0.909. The fraction of sp³-hybridized carbons (Fsp3) is 0.750. The number of rotatable bonds is 6. The standard InChI is InChI=1S/C12H22N4/c1-15(2)12(10-4-5-10)9-13-8-11-6-7-16(3)14-11/h6-7,10,12-13H,4-5,8-9H2,1-3H3. The van der Waals surface area contributed by atoms with E-state index < -0.39 is 0 Å². The molecule has 4 nitrogen and oxygen atoms in total. The van der Waals surface area contributed by atoms with Crippen molar-refractivity contribution >= 4 is 0 Å². The number of nitrogens with zero attached hydrogens (tertiary/aromatic N) is 3. The predicted octanol–water partition coefficient (Wildman–Crippen LogP) is 0.850. The summed E-state index contributed by atoms with van der Waals surface area (Å²) in [5.41, 5.74) is 1.12. The molecule has 1 N–H and O–H groups in total. The van der Waals surface area contributed by atoms with Crippen molar-refractivity contribution in [2.75, 3.05) is 20.6 Å². The van der Waals surface area contributed by atoms with Crippen LogP contribution in [0.15, 0.2) is 12.3 Å². The smallest absolute Gasteiger partial charge is 0.0762 e. The van der Waals surface area contributed by atoms with E-state index in [1.54, 1.807) is 0 Å². The number of hydrogen-bond donors (Lipinski definition) is 1. The Morgan fingerprint density at radius 3 is 2.81 bits per heavy atom. The van der Waals surface area contributed by atoms with Crippen LogP contribution >= 0.6 is 0 Å². The molecule has 0 bridgehead atoms. The quantitative estimate of drug-likeness (QED) is 0.774. The first-order chi connectivity index (χ1) is 7.66. The molecular weight excluding hydrogens is 200 g/mol.